The van der Waals surface area contributed by atoms with E-state index in [4.69, 9.17) is 0 Å². The number of carbonyl (C=O) groups is 2. The maximum Gasteiger partial charge on any atom is 0.265 e. The van der Waals surface area contributed by atoms with Gasteiger partial charge in [-0.25, -0.2) is 8.42 Å². The highest BCUT2D eigenvalue weighted by molar-refractivity contribution is 7.90. The quantitative estimate of drug-likeness (QED) is 0.457. The van der Waals surface area contributed by atoms with Crippen LogP contribution in [0.25, 0.3) is 0 Å². The van der Waals surface area contributed by atoms with Crippen LogP contribution in [0.3, 0.4) is 0 Å². The predicted octanol–water partition coefficient (Wildman–Crippen LogP) is 4.09. The molecule has 2 aromatic carbocycles. The Balaban J connectivity index is 1.56. The number of hydrogen-bond acceptors (Lipinski definition) is 6. The van der Waals surface area contributed by atoms with Gasteiger partial charge in [0.2, 0.25) is 5.91 Å². The van der Waals surface area contributed by atoms with E-state index in [1.54, 1.807) is 54.6 Å². The first-order valence-electron chi connectivity index (χ1n) is 10.7. The summed E-state index contributed by atoms with van der Waals surface area (Å²) in [6, 6.07) is 16.1. The highest BCUT2D eigenvalue weighted by Crippen LogP contribution is 2.25. The third kappa shape index (κ3) is 5.02. The van der Waals surface area contributed by atoms with E-state index in [2.05, 4.69) is 20.3 Å². The van der Waals surface area contributed by atoms with E-state index in [9.17, 15) is 18.0 Å². The van der Waals surface area contributed by atoms with Crippen LogP contribution in [0.1, 0.15) is 35.5 Å². The average Bonchev–Trinajstić information content (AvgIpc) is 3.44. The summed E-state index contributed by atoms with van der Waals surface area (Å²) in [6.45, 7) is 3.83. The Morgan fingerprint density at radius 1 is 1.03 bits per heavy atom. The standard InChI is InChI=1S/C24H24N4O4S2/c1-3-15(2)21(27-22-18-10-4-5-12-20(18)34(31,32)28-22)24(30)26-17-9-6-8-16(14-17)25-23(29)19-11-7-13-33-19/h4-15,21H,3H2,1-2H3,(H,25,29)(H,26,30)(H,27,28)/t15-,21-/m0/s1. The molecule has 3 aromatic rings. The molecule has 0 fully saturated rings. The lowest BCUT2D eigenvalue weighted by atomic mass is 9.98. The normalized spacial score (nSPS) is 16.8. The van der Waals surface area contributed by atoms with Gasteiger partial charge in [0, 0.05) is 16.9 Å². The molecule has 0 unspecified atom stereocenters. The van der Waals surface area contributed by atoms with Crippen LogP contribution >= 0.6 is 11.3 Å². The monoisotopic (exact) mass is 496 g/mol. The molecule has 1 aromatic heterocycles. The van der Waals surface area contributed by atoms with Crippen LogP contribution < -0.4 is 15.4 Å². The summed E-state index contributed by atoms with van der Waals surface area (Å²) in [5.41, 5.74) is 1.48. The lowest BCUT2D eigenvalue weighted by Crippen LogP contribution is -2.34. The van der Waals surface area contributed by atoms with Crippen molar-refractivity contribution in [3.63, 3.8) is 0 Å². The van der Waals surface area contributed by atoms with E-state index in [0.717, 1.165) is 0 Å². The number of aliphatic imine (C=N–C) groups is 1. The van der Waals surface area contributed by atoms with Crippen molar-refractivity contribution < 1.29 is 18.0 Å². The molecule has 4 rings (SSSR count). The van der Waals surface area contributed by atoms with Crippen molar-refractivity contribution in [2.45, 2.75) is 31.2 Å². The summed E-state index contributed by atoms with van der Waals surface area (Å²) in [6.07, 6.45) is 0.667. The molecule has 34 heavy (non-hydrogen) atoms. The van der Waals surface area contributed by atoms with Crippen molar-refractivity contribution in [3.8, 4) is 0 Å². The third-order valence-electron chi connectivity index (χ3n) is 5.52. The zero-order valence-electron chi connectivity index (χ0n) is 18.6. The number of sulfonamides is 1. The van der Waals surface area contributed by atoms with Gasteiger partial charge in [-0.3, -0.25) is 19.3 Å². The van der Waals surface area contributed by atoms with Crippen molar-refractivity contribution in [3.05, 3.63) is 76.5 Å². The van der Waals surface area contributed by atoms with Crippen molar-refractivity contribution in [1.29, 1.82) is 0 Å². The average molecular weight is 497 g/mol. The minimum Gasteiger partial charge on any atom is -0.324 e. The fourth-order valence-corrected chi connectivity index (χ4v) is 5.39. The minimum absolute atomic E-state index is 0.145. The van der Waals surface area contributed by atoms with Gasteiger partial charge >= 0.3 is 0 Å². The predicted molar refractivity (Wildman–Crippen MR) is 134 cm³/mol. The van der Waals surface area contributed by atoms with Gasteiger partial charge in [0.15, 0.2) is 0 Å². The molecule has 2 amide bonds. The highest BCUT2D eigenvalue weighted by Gasteiger charge is 2.33. The molecule has 0 spiro atoms. The molecule has 1 aliphatic rings. The first kappa shape index (κ1) is 23.7. The number of amidine groups is 1. The van der Waals surface area contributed by atoms with Crippen LogP contribution in [-0.2, 0) is 14.8 Å². The Morgan fingerprint density at radius 3 is 2.47 bits per heavy atom. The van der Waals surface area contributed by atoms with Gasteiger partial charge in [-0.2, -0.15) is 0 Å². The van der Waals surface area contributed by atoms with Crippen LogP contribution in [0.5, 0.6) is 0 Å². The number of rotatable bonds is 7. The molecule has 0 bridgehead atoms. The largest absolute Gasteiger partial charge is 0.324 e. The lowest BCUT2D eigenvalue weighted by Gasteiger charge is -2.19. The van der Waals surface area contributed by atoms with E-state index in [1.165, 1.54) is 17.4 Å². The second-order valence-electron chi connectivity index (χ2n) is 7.91. The summed E-state index contributed by atoms with van der Waals surface area (Å²) in [5, 5.41) is 7.49. The Labute approximate surface area is 202 Å². The molecule has 8 nitrogen and oxygen atoms in total. The fraction of sp³-hybridized carbons (Fsp3) is 0.208. The molecule has 2 heterocycles. The molecule has 176 valence electrons. The molecule has 0 radical (unpaired) electrons. The molecular weight excluding hydrogens is 472 g/mol. The van der Waals surface area contributed by atoms with Gasteiger partial charge in [0.05, 0.1) is 9.77 Å². The zero-order chi connectivity index (χ0) is 24.3. The van der Waals surface area contributed by atoms with Gasteiger partial charge in [-0.05, 0) is 47.7 Å². The van der Waals surface area contributed by atoms with Gasteiger partial charge < -0.3 is 10.6 Å². The van der Waals surface area contributed by atoms with Crippen LogP contribution in [0.4, 0.5) is 11.4 Å². The summed E-state index contributed by atoms with van der Waals surface area (Å²) < 4.78 is 27.3. The number of hydrogen-bond donors (Lipinski definition) is 3. The summed E-state index contributed by atoms with van der Waals surface area (Å²) in [4.78, 5) is 30.8. The summed E-state index contributed by atoms with van der Waals surface area (Å²) >= 11 is 1.34. The second kappa shape index (κ2) is 9.78. The van der Waals surface area contributed by atoms with Crippen LogP contribution in [-0.4, -0.2) is 32.1 Å². The maximum absolute atomic E-state index is 13.2. The van der Waals surface area contributed by atoms with Gasteiger partial charge in [-0.15, -0.1) is 11.3 Å². The topological polar surface area (TPSA) is 117 Å². The Hall–Kier alpha value is -3.50. The van der Waals surface area contributed by atoms with Crippen molar-refractivity contribution >= 4 is 50.4 Å². The van der Waals surface area contributed by atoms with E-state index < -0.39 is 16.1 Å². The molecule has 0 saturated heterocycles. The molecule has 0 aliphatic carbocycles. The van der Waals surface area contributed by atoms with Crippen molar-refractivity contribution in [2.24, 2.45) is 10.9 Å². The Kier molecular flexibility index (Phi) is 6.80. The number of fused-ring (bicyclic) bond motifs is 1. The van der Waals surface area contributed by atoms with Crippen LogP contribution in [0, 0.1) is 5.92 Å². The highest BCUT2D eigenvalue weighted by atomic mass is 32.2. The van der Waals surface area contributed by atoms with E-state index >= 15 is 0 Å². The van der Waals surface area contributed by atoms with Gasteiger partial charge in [0.1, 0.15) is 11.9 Å². The van der Waals surface area contributed by atoms with E-state index in [-0.39, 0.29) is 28.5 Å². The SMILES string of the molecule is CC[C@H](C)[C@H](N=C1NS(=O)(=O)c2ccccc21)C(=O)Nc1cccc(NC(=O)c2cccs2)c1. The van der Waals surface area contributed by atoms with Crippen molar-refractivity contribution in [2.75, 3.05) is 10.6 Å². The van der Waals surface area contributed by atoms with E-state index in [0.29, 0.717) is 28.2 Å². The number of thiophene rings is 1. The number of nitrogens with one attached hydrogen (secondary N) is 3. The number of nitrogens with zero attached hydrogens (tertiary/aromatic N) is 1. The van der Waals surface area contributed by atoms with E-state index in [1.807, 2.05) is 19.2 Å². The Morgan fingerprint density at radius 2 is 1.76 bits per heavy atom. The first-order chi connectivity index (χ1) is 16.3. The molecular formula is C24H24N4O4S2. The number of carbonyl (C=O) groups excluding carboxylic acids is 2. The molecule has 1 aliphatic heterocycles. The number of amides is 2. The molecule has 10 heteroatoms. The fourth-order valence-electron chi connectivity index (χ4n) is 3.53. The molecule has 2 atom stereocenters. The number of anilines is 2. The van der Waals surface area contributed by atoms with Crippen LogP contribution in [0.2, 0.25) is 0 Å². The number of benzene rings is 2. The summed E-state index contributed by atoms with van der Waals surface area (Å²) in [7, 11) is -3.71. The maximum atomic E-state index is 13.2. The Bertz CT molecular complexity index is 1350. The lowest BCUT2D eigenvalue weighted by molar-refractivity contribution is -0.118. The second-order valence-corrected chi connectivity index (χ2v) is 10.5. The molecule has 0 saturated carbocycles. The van der Waals surface area contributed by atoms with Crippen molar-refractivity contribution in [1.82, 2.24) is 4.72 Å². The zero-order valence-corrected chi connectivity index (χ0v) is 20.2. The summed E-state index contributed by atoms with van der Waals surface area (Å²) in [5.74, 6) is -0.582. The third-order valence-corrected chi connectivity index (χ3v) is 7.78. The first-order valence-corrected chi connectivity index (χ1v) is 13.1. The molecule has 3 N–H and O–H groups in total. The smallest absolute Gasteiger partial charge is 0.265 e. The minimum atomic E-state index is -3.71. The van der Waals surface area contributed by atoms with Gasteiger partial charge in [0.25, 0.3) is 15.9 Å². The van der Waals surface area contributed by atoms with Gasteiger partial charge in [-0.1, -0.05) is 44.5 Å². The van der Waals surface area contributed by atoms with Crippen LogP contribution in [0.15, 0.2) is 75.9 Å².